The highest BCUT2D eigenvalue weighted by molar-refractivity contribution is 5.79. The number of ether oxygens (including phenoxy) is 2. The van der Waals surface area contributed by atoms with Gasteiger partial charge in [0.2, 0.25) is 0 Å². The van der Waals surface area contributed by atoms with E-state index in [-0.39, 0.29) is 0 Å². The lowest BCUT2D eigenvalue weighted by Gasteiger charge is -2.19. The van der Waals surface area contributed by atoms with Crippen molar-refractivity contribution in [1.82, 2.24) is 20.4 Å². The van der Waals surface area contributed by atoms with Gasteiger partial charge in [0.05, 0.1) is 13.2 Å². The maximum atomic E-state index is 5.74. The molecule has 176 valence electrons. The van der Waals surface area contributed by atoms with E-state index in [2.05, 4.69) is 46.5 Å². The van der Waals surface area contributed by atoms with Gasteiger partial charge in [-0.3, -0.25) is 4.99 Å². The Balaban J connectivity index is 1.77. The SMILES string of the molecule is CCNC(=NCCCN1CCCN(C)CC1)NCCc1ccc(OCC)c(OCC)c1. The number of hydrogen-bond acceptors (Lipinski definition) is 5. The number of benzene rings is 1. The fourth-order valence-corrected chi connectivity index (χ4v) is 3.73. The van der Waals surface area contributed by atoms with Gasteiger partial charge in [-0.2, -0.15) is 0 Å². The number of hydrogen-bond donors (Lipinski definition) is 2. The molecule has 1 aliphatic rings. The Labute approximate surface area is 189 Å². The van der Waals surface area contributed by atoms with Crippen LogP contribution in [0.25, 0.3) is 0 Å². The lowest BCUT2D eigenvalue weighted by Crippen LogP contribution is -2.38. The zero-order valence-corrected chi connectivity index (χ0v) is 20.1. The summed E-state index contributed by atoms with van der Waals surface area (Å²) in [4.78, 5) is 9.76. The molecule has 1 heterocycles. The molecule has 1 aromatic rings. The van der Waals surface area contributed by atoms with Crippen molar-refractivity contribution in [3.8, 4) is 11.5 Å². The van der Waals surface area contributed by atoms with Gasteiger partial charge in [-0.05, 0) is 84.4 Å². The summed E-state index contributed by atoms with van der Waals surface area (Å²) in [7, 11) is 2.22. The first-order valence-corrected chi connectivity index (χ1v) is 12.0. The number of rotatable bonds is 12. The van der Waals surface area contributed by atoms with Crippen molar-refractivity contribution in [2.24, 2.45) is 4.99 Å². The second kappa shape index (κ2) is 14.9. The quantitative estimate of drug-likeness (QED) is 0.300. The van der Waals surface area contributed by atoms with E-state index >= 15 is 0 Å². The molecule has 7 nitrogen and oxygen atoms in total. The Morgan fingerprint density at radius 2 is 1.81 bits per heavy atom. The van der Waals surface area contributed by atoms with Gasteiger partial charge in [-0.25, -0.2) is 0 Å². The molecule has 0 bridgehead atoms. The number of aliphatic imine (C=N–C) groups is 1. The largest absolute Gasteiger partial charge is 0.490 e. The average Bonchev–Trinajstić information content (AvgIpc) is 2.97. The summed E-state index contributed by atoms with van der Waals surface area (Å²) >= 11 is 0. The molecule has 0 saturated carbocycles. The molecule has 7 heteroatoms. The van der Waals surface area contributed by atoms with Crippen LogP contribution in [0.15, 0.2) is 23.2 Å². The van der Waals surface area contributed by atoms with Crippen molar-refractivity contribution in [2.45, 2.75) is 40.0 Å². The van der Waals surface area contributed by atoms with Gasteiger partial charge in [-0.1, -0.05) is 6.07 Å². The number of nitrogens with zero attached hydrogens (tertiary/aromatic N) is 3. The van der Waals surface area contributed by atoms with E-state index in [9.17, 15) is 0 Å². The van der Waals surface area contributed by atoms with Crippen molar-refractivity contribution >= 4 is 5.96 Å². The minimum Gasteiger partial charge on any atom is -0.490 e. The third kappa shape index (κ3) is 9.78. The summed E-state index contributed by atoms with van der Waals surface area (Å²) in [6.07, 6.45) is 3.26. The Hall–Kier alpha value is -1.99. The van der Waals surface area contributed by atoms with Crippen molar-refractivity contribution in [2.75, 3.05) is 72.6 Å². The molecule has 2 N–H and O–H groups in total. The van der Waals surface area contributed by atoms with Crippen molar-refractivity contribution in [3.05, 3.63) is 23.8 Å². The smallest absolute Gasteiger partial charge is 0.191 e. The molecule has 0 radical (unpaired) electrons. The highest BCUT2D eigenvalue weighted by Crippen LogP contribution is 2.28. The molecular formula is C24H43N5O2. The minimum absolute atomic E-state index is 0.632. The number of nitrogens with one attached hydrogen (secondary N) is 2. The maximum absolute atomic E-state index is 5.74. The summed E-state index contributed by atoms with van der Waals surface area (Å²) in [5, 5.41) is 6.82. The lowest BCUT2D eigenvalue weighted by atomic mass is 10.1. The third-order valence-electron chi connectivity index (χ3n) is 5.37. The number of likely N-dealkylation sites (N-methyl/N-ethyl adjacent to an activating group) is 1. The Morgan fingerprint density at radius 1 is 1.00 bits per heavy atom. The normalized spacial score (nSPS) is 16.1. The van der Waals surface area contributed by atoms with Gasteiger partial charge in [0.25, 0.3) is 0 Å². The van der Waals surface area contributed by atoms with E-state index in [1.165, 1.54) is 38.2 Å². The summed E-state index contributed by atoms with van der Waals surface area (Å²) in [6.45, 7) is 15.8. The third-order valence-corrected chi connectivity index (χ3v) is 5.37. The van der Waals surface area contributed by atoms with Gasteiger partial charge < -0.3 is 29.9 Å². The standard InChI is InChI=1S/C24H43N5O2/c1-5-25-24(26-13-8-16-29-17-9-15-28(4)18-19-29)27-14-12-21-10-11-22(30-6-2)23(20-21)31-7-3/h10-11,20H,5-9,12-19H2,1-4H3,(H2,25,26,27). The molecular weight excluding hydrogens is 390 g/mol. The zero-order chi connectivity index (χ0) is 22.3. The van der Waals surface area contributed by atoms with Gasteiger partial charge in [0.15, 0.2) is 17.5 Å². The van der Waals surface area contributed by atoms with E-state index in [0.717, 1.165) is 56.5 Å². The van der Waals surface area contributed by atoms with E-state index in [4.69, 9.17) is 14.5 Å². The highest BCUT2D eigenvalue weighted by Gasteiger charge is 2.11. The fraction of sp³-hybridized carbons (Fsp3) is 0.708. The van der Waals surface area contributed by atoms with Crippen LogP contribution in [0, 0.1) is 0 Å². The van der Waals surface area contributed by atoms with Crippen molar-refractivity contribution < 1.29 is 9.47 Å². The maximum Gasteiger partial charge on any atom is 0.191 e. The molecule has 0 aliphatic carbocycles. The molecule has 0 atom stereocenters. The first kappa shape index (κ1) is 25.3. The van der Waals surface area contributed by atoms with Crippen molar-refractivity contribution in [3.63, 3.8) is 0 Å². The molecule has 1 fully saturated rings. The molecule has 0 aromatic heterocycles. The minimum atomic E-state index is 0.632. The van der Waals surface area contributed by atoms with Crippen LogP contribution in [0.3, 0.4) is 0 Å². The van der Waals surface area contributed by atoms with Gasteiger partial charge in [0.1, 0.15) is 0 Å². The molecule has 1 saturated heterocycles. The van der Waals surface area contributed by atoms with Crippen LogP contribution in [0.1, 0.15) is 39.2 Å². The molecule has 1 aliphatic heterocycles. The summed E-state index contributed by atoms with van der Waals surface area (Å²) < 4.78 is 11.4. The van der Waals surface area contributed by atoms with E-state index in [1.807, 2.05) is 19.9 Å². The highest BCUT2D eigenvalue weighted by atomic mass is 16.5. The molecule has 0 unspecified atom stereocenters. The van der Waals surface area contributed by atoms with Crippen LogP contribution in [0.5, 0.6) is 11.5 Å². The average molecular weight is 434 g/mol. The molecule has 1 aromatic carbocycles. The molecule has 31 heavy (non-hydrogen) atoms. The van der Waals surface area contributed by atoms with Crippen LogP contribution in [-0.4, -0.2) is 88.4 Å². The lowest BCUT2D eigenvalue weighted by molar-refractivity contribution is 0.275. The van der Waals surface area contributed by atoms with E-state index in [0.29, 0.717) is 13.2 Å². The summed E-state index contributed by atoms with van der Waals surface area (Å²) in [5.41, 5.74) is 1.22. The van der Waals surface area contributed by atoms with E-state index < -0.39 is 0 Å². The van der Waals surface area contributed by atoms with Crippen LogP contribution >= 0.6 is 0 Å². The summed E-state index contributed by atoms with van der Waals surface area (Å²) in [6, 6.07) is 6.19. The van der Waals surface area contributed by atoms with Gasteiger partial charge in [0, 0.05) is 32.7 Å². The Kier molecular flexibility index (Phi) is 12.2. The first-order valence-electron chi connectivity index (χ1n) is 12.0. The second-order valence-electron chi connectivity index (χ2n) is 7.94. The van der Waals surface area contributed by atoms with Crippen LogP contribution in [0.4, 0.5) is 0 Å². The number of guanidine groups is 1. The predicted octanol–water partition coefficient (Wildman–Crippen LogP) is 2.61. The Bertz CT molecular complexity index is 653. The zero-order valence-electron chi connectivity index (χ0n) is 20.1. The first-order chi connectivity index (χ1) is 15.2. The topological polar surface area (TPSA) is 61.4 Å². The fourth-order valence-electron chi connectivity index (χ4n) is 3.73. The van der Waals surface area contributed by atoms with E-state index in [1.54, 1.807) is 0 Å². The van der Waals surface area contributed by atoms with Gasteiger partial charge >= 0.3 is 0 Å². The monoisotopic (exact) mass is 433 g/mol. The van der Waals surface area contributed by atoms with Crippen LogP contribution in [-0.2, 0) is 6.42 Å². The molecule has 0 spiro atoms. The van der Waals surface area contributed by atoms with Crippen molar-refractivity contribution in [1.29, 1.82) is 0 Å². The molecule has 2 rings (SSSR count). The van der Waals surface area contributed by atoms with Gasteiger partial charge in [-0.15, -0.1) is 0 Å². The Morgan fingerprint density at radius 3 is 2.58 bits per heavy atom. The predicted molar refractivity (Wildman–Crippen MR) is 130 cm³/mol. The molecule has 0 amide bonds. The van der Waals surface area contributed by atoms with Crippen LogP contribution in [0.2, 0.25) is 0 Å². The second-order valence-corrected chi connectivity index (χ2v) is 7.94. The summed E-state index contributed by atoms with van der Waals surface area (Å²) in [5.74, 6) is 2.53. The van der Waals surface area contributed by atoms with Crippen LogP contribution < -0.4 is 20.1 Å².